The maximum Gasteiger partial charge on any atom is 0.219 e. The molecule has 0 spiro atoms. The Morgan fingerprint density at radius 1 is 0.947 bits per heavy atom. The van der Waals surface area contributed by atoms with Crippen molar-refractivity contribution in [1.29, 1.82) is 0 Å². The second-order valence-electron chi connectivity index (χ2n) is 3.74. The molecule has 0 amide bonds. The van der Waals surface area contributed by atoms with E-state index in [1.807, 2.05) is 31.2 Å². The zero-order valence-electron chi connectivity index (χ0n) is 10.2. The fourth-order valence-corrected chi connectivity index (χ4v) is 2.54. The third kappa shape index (κ3) is 3.49. The number of aromatic nitrogens is 1. The Labute approximate surface area is 136 Å². The molecular formula is C13H10Br3NO2. The topological polar surface area (TPSA) is 31.4 Å². The molecule has 0 saturated carbocycles. The molecule has 1 aromatic carbocycles. The van der Waals surface area contributed by atoms with Crippen molar-refractivity contribution in [3.8, 4) is 17.4 Å². The van der Waals surface area contributed by atoms with Gasteiger partial charge in [-0.1, -0.05) is 0 Å². The van der Waals surface area contributed by atoms with E-state index >= 15 is 0 Å². The molecule has 0 bridgehead atoms. The number of methoxy groups -OCH3 is 1. The molecule has 0 saturated heterocycles. The first-order valence-electron chi connectivity index (χ1n) is 5.35. The smallest absolute Gasteiger partial charge is 0.219 e. The van der Waals surface area contributed by atoms with Crippen LogP contribution in [0.1, 0.15) is 5.69 Å². The summed E-state index contributed by atoms with van der Waals surface area (Å²) in [6.45, 7) is 1.91. The standard InChI is InChI=1S/C13H10Br3NO2/c1-7-8(14)3-4-13(17-7)19-12-6-9(15)11(18-2)5-10(12)16/h3-6H,1-2H3. The zero-order chi connectivity index (χ0) is 14.0. The van der Waals surface area contributed by atoms with Gasteiger partial charge in [0.15, 0.2) is 0 Å². The van der Waals surface area contributed by atoms with Crippen molar-refractivity contribution in [3.63, 3.8) is 0 Å². The molecule has 19 heavy (non-hydrogen) atoms. The molecule has 0 fully saturated rings. The van der Waals surface area contributed by atoms with E-state index in [1.54, 1.807) is 7.11 Å². The number of pyridine rings is 1. The predicted molar refractivity (Wildman–Crippen MR) is 85.1 cm³/mol. The van der Waals surface area contributed by atoms with Crippen LogP contribution in [0.15, 0.2) is 37.7 Å². The fraction of sp³-hybridized carbons (Fsp3) is 0.154. The van der Waals surface area contributed by atoms with Crippen LogP contribution in [0.3, 0.4) is 0 Å². The van der Waals surface area contributed by atoms with E-state index in [0.29, 0.717) is 11.6 Å². The Morgan fingerprint density at radius 2 is 1.58 bits per heavy atom. The molecule has 0 aliphatic rings. The molecule has 6 heteroatoms. The summed E-state index contributed by atoms with van der Waals surface area (Å²) < 4.78 is 13.5. The van der Waals surface area contributed by atoms with E-state index in [0.717, 1.165) is 24.9 Å². The fourth-order valence-electron chi connectivity index (χ4n) is 1.44. The molecule has 0 atom stereocenters. The van der Waals surface area contributed by atoms with Crippen LogP contribution in [-0.2, 0) is 0 Å². The highest BCUT2D eigenvalue weighted by atomic mass is 79.9. The first-order chi connectivity index (χ1) is 9.01. The van der Waals surface area contributed by atoms with E-state index in [2.05, 4.69) is 52.8 Å². The lowest BCUT2D eigenvalue weighted by molar-refractivity contribution is 0.408. The summed E-state index contributed by atoms with van der Waals surface area (Å²) in [7, 11) is 1.62. The number of rotatable bonds is 3. The van der Waals surface area contributed by atoms with Gasteiger partial charge in [-0.3, -0.25) is 0 Å². The average Bonchev–Trinajstić information content (AvgIpc) is 2.38. The van der Waals surface area contributed by atoms with E-state index in [-0.39, 0.29) is 0 Å². The van der Waals surface area contributed by atoms with Gasteiger partial charge in [0.1, 0.15) is 11.5 Å². The molecule has 0 unspecified atom stereocenters. The van der Waals surface area contributed by atoms with Crippen molar-refractivity contribution >= 4 is 47.8 Å². The van der Waals surface area contributed by atoms with Gasteiger partial charge < -0.3 is 9.47 Å². The van der Waals surface area contributed by atoms with Crippen LogP contribution in [-0.4, -0.2) is 12.1 Å². The summed E-state index contributed by atoms with van der Waals surface area (Å²) >= 11 is 10.3. The summed E-state index contributed by atoms with van der Waals surface area (Å²) in [6, 6.07) is 7.39. The van der Waals surface area contributed by atoms with Gasteiger partial charge in [-0.25, -0.2) is 4.98 Å². The van der Waals surface area contributed by atoms with Crippen LogP contribution < -0.4 is 9.47 Å². The molecule has 0 radical (unpaired) electrons. The normalized spacial score (nSPS) is 10.4. The lowest BCUT2D eigenvalue weighted by Gasteiger charge is -2.11. The van der Waals surface area contributed by atoms with E-state index in [4.69, 9.17) is 9.47 Å². The summed E-state index contributed by atoms with van der Waals surface area (Å²) in [4.78, 5) is 4.34. The summed E-state index contributed by atoms with van der Waals surface area (Å²) in [5.74, 6) is 1.94. The monoisotopic (exact) mass is 449 g/mol. The van der Waals surface area contributed by atoms with Gasteiger partial charge in [0, 0.05) is 10.5 Å². The van der Waals surface area contributed by atoms with Crippen molar-refractivity contribution in [2.24, 2.45) is 0 Å². The first kappa shape index (κ1) is 14.8. The van der Waals surface area contributed by atoms with Crippen LogP contribution in [0.4, 0.5) is 0 Å². The molecule has 0 aliphatic heterocycles. The second kappa shape index (κ2) is 6.24. The zero-order valence-corrected chi connectivity index (χ0v) is 15.0. The van der Waals surface area contributed by atoms with Crippen molar-refractivity contribution in [2.45, 2.75) is 6.92 Å². The molecule has 0 aliphatic carbocycles. The van der Waals surface area contributed by atoms with Gasteiger partial charge in [0.25, 0.3) is 0 Å². The highest BCUT2D eigenvalue weighted by Crippen LogP contribution is 2.37. The Morgan fingerprint density at radius 3 is 2.21 bits per heavy atom. The van der Waals surface area contributed by atoms with Crippen LogP contribution in [0, 0.1) is 6.92 Å². The third-order valence-electron chi connectivity index (χ3n) is 2.42. The Hall–Kier alpha value is -0.590. The minimum Gasteiger partial charge on any atom is -0.496 e. The predicted octanol–water partition coefficient (Wildman–Crippen LogP) is 5.48. The van der Waals surface area contributed by atoms with Crippen molar-refractivity contribution in [3.05, 3.63) is 43.4 Å². The van der Waals surface area contributed by atoms with Gasteiger partial charge in [0.2, 0.25) is 5.88 Å². The van der Waals surface area contributed by atoms with Gasteiger partial charge in [-0.15, -0.1) is 0 Å². The highest BCUT2D eigenvalue weighted by molar-refractivity contribution is 9.11. The maximum absolute atomic E-state index is 5.76. The largest absolute Gasteiger partial charge is 0.496 e. The molecule has 2 rings (SSSR count). The number of aryl methyl sites for hydroxylation is 1. The lowest BCUT2D eigenvalue weighted by atomic mass is 10.3. The molecule has 2 aromatic rings. The maximum atomic E-state index is 5.76. The SMILES string of the molecule is COc1cc(Br)c(Oc2ccc(Br)c(C)n2)cc1Br. The van der Waals surface area contributed by atoms with Crippen LogP contribution in [0.25, 0.3) is 0 Å². The number of nitrogens with zero attached hydrogens (tertiary/aromatic N) is 1. The number of hydrogen-bond acceptors (Lipinski definition) is 3. The van der Waals surface area contributed by atoms with Crippen molar-refractivity contribution in [2.75, 3.05) is 7.11 Å². The third-order valence-corrected chi connectivity index (χ3v) is 4.49. The van der Waals surface area contributed by atoms with Gasteiger partial charge in [-0.05, 0) is 72.9 Å². The van der Waals surface area contributed by atoms with Crippen molar-refractivity contribution in [1.82, 2.24) is 4.98 Å². The van der Waals surface area contributed by atoms with Crippen LogP contribution >= 0.6 is 47.8 Å². The van der Waals surface area contributed by atoms with Crippen molar-refractivity contribution < 1.29 is 9.47 Å². The first-order valence-corrected chi connectivity index (χ1v) is 7.73. The minimum absolute atomic E-state index is 0.540. The lowest BCUT2D eigenvalue weighted by Crippen LogP contribution is -1.93. The van der Waals surface area contributed by atoms with Gasteiger partial charge in [-0.2, -0.15) is 0 Å². The van der Waals surface area contributed by atoms with Gasteiger partial charge in [0.05, 0.1) is 21.7 Å². The van der Waals surface area contributed by atoms with Crippen LogP contribution in [0.2, 0.25) is 0 Å². The molecule has 3 nitrogen and oxygen atoms in total. The number of ether oxygens (including phenoxy) is 2. The summed E-state index contributed by atoms with van der Waals surface area (Å²) in [5, 5.41) is 0. The van der Waals surface area contributed by atoms with E-state index < -0.39 is 0 Å². The van der Waals surface area contributed by atoms with Gasteiger partial charge >= 0.3 is 0 Å². The average molecular weight is 452 g/mol. The molecule has 0 N–H and O–H groups in total. The number of hydrogen-bond donors (Lipinski definition) is 0. The minimum atomic E-state index is 0.540. The number of benzene rings is 1. The van der Waals surface area contributed by atoms with Crippen LogP contribution in [0.5, 0.6) is 17.4 Å². The Balaban J connectivity index is 2.32. The number of halogens is 3. The molecule has 1 aromatic heterocycles. The summed E-state index contributed by atoms with van der Waals surface area (Å²) in [5.41, 5.74) is 0.876. The summed E-state index contributed by atoms with van der Waals surface area (Å²) in [6.07, 6.45) is 0. The quantitative estimate of drug-likeness (QED) is 0.619. The molecular weight excluding hydrogens is 442 g/mol. The highest BCUT2D eigenvalue weighted by Gasteiger charge is 2.10. The molecule has 100 valence electrons. The molecule has 1 heterocycles. The Kier molecular flexibility index (Phi) is 4.86. The van der Waals surface area contributed by atoms with E-state index in [1.165, 1.54) is 0 Å². The van der Waals surface area contributed by atoms with E-state index in [9.17, 15) is 0 Å². The Bertz CT molecular complexity index is 617. The second-order valence-corrected chi connectivity index (χ2v) is 6.30.